The van der Waals surface area contributed by atoms with Gasteiger partial charge in [-0.2, -0.15) is 13.2 Å². The first kappa shape index (κ1) is 16.5. The number of benzene rings is 1. The molecule has 0 bridgehead atoms. The summed E-state index contributed by atoms with van der Waals surface area (Å²) in [7, 11) is -4.11. The number of hydrogen-bond donors (Lipinski definition) is 2. The van der Waals surface area contributed by atoms with Crippen LogP contribution >= 0.6 is 0 Å². The van der Waals surface area contributed by atoms with Gasteiger partial charge >= 0.3 is 6.18 Å². The van der Waals surface area contributed by atoms with Crippen molar-refractivity contribution >= 4 is 10.0 Å². The number of alkyl halides is 3. The second-order valence-corrected chi connectivity index (χ2v) is 6.11. The highest BCUT2D eigenvalue weighted by atomic mass is 32.2. The lowest BCUT2D eigenvalue weighted by Gasteiger charge is -2.20. The van der Waals surface area contributed by atoms with Gasteiger partial charge in [-0.1, -0.05) is 18.2 Å². The number of aliphatic hydroxyl groups is 1. The lowest BCUT2D eigenvalue weighted by Crippen LogP contribution is -2.32. The van der Waals surface area contributed by atoms with E-state index in [4.69, 9.17) is 0 Å². The molecule has 1 aromatic heterocycles. The molecular formula is C13H12F3NO4S. The number of rotatable bonds is 5. The third-order valence-corrected chi connectivity index (χ3v) is 4.37. The summed E-state index contributed by atoms with van der Waals surface area (Å²) in [6.07, 6.45) is -2.61. The van der Waals surface area contributed by atoms with Crippen LogP contribution in [0.15, 0.2) is 52.2 Å². The van der Waals surface area contributed by atoms with Crippen LogP contribution in [-0.4, -0.2) is 20.1 Å². The summed E-state index contributed by atoms with van der Waals surface area (Å²) in [4.78, 5) is -0.240. The lowest BCUT2D eigenvalue weighted by molar-refractivity contribution is -0.138. The molecule has 2 aromatic rings. The number of sulfonamides is 1. The highest BCUT2D eigenvalue weighted by Crippen LogP contribution is 2.34. The van der Waals surface area contributed by atoms with Gasteiger partial charge in [0.1, 0.15) is 11.2 Å². The average Bonchev–Trinajstić information content (AvgIpc) is 2.99. The van der Waals surface area contributed by atoms with E-state index in [0.717, 1.165) is 30.7 Å². The van der Waals surface area contributed by atoms with Gasteiger partial charge in [0.2, 0.25) is 10.0 Å². The molecule has 1 aromatic carbocycles. The van der Waals surface area contributed by atoms with Crippen molar-refractivity contribution in [3.8, 4) is 0 Å². The zero-order valence-electron chi connectivity index (χ0n) is 11.0. The summed E-state index contributed by atoms with van der Waals surface area (Å²) in [5, 5.41) is 9.31. The van der Waals surface area contributed by atoms with E-state index in [1.165, 1.54) is 12.1 Å². The Bertz CT molecular complexity index is 726. The third-order valence-electron chi connectivity index (χ3n) is 2.93. The highest BCUT2D eigenvalue weighted by molar-refractivity contribution is 7.89. The first-order chi connectivity index (χ1) is 10.3. The minimum absolute atomic E-state index is 0.240. The maximum absolute atomic E-state index is 13.0. The molecule has 0 saturated carbocycles. The van der Waals surface area contributed by atoms with Gasteiger partial charge in [0.15, 0.2) is 0 Å². The van der Waals surface area contributed by atoms with E-state index in [1.54, 1.807) is 0 Å². The molecule has 0 aliphatic rings. The number of nitrogens with one attached hydrogen (secondary N) is 1. The molecule has 120 valence electrons. The zero-order valence-corrected chi connectivity index (χ0v) is 11.9. The number of aliphatic hydroxyl groups excluding tert-OH is 1. The predicted octanol–water partition coefficient (Wildman–Crippen LogP) is 2.31. The number of halogens is 3. The molecule has 1 heterocycles. The van der Waals surface area contributed by atoms with Gasteiger partial charge in [0.25, 0.3) is 0 Å². The van der Waals surface area contributed by atoms with E-state index >= 15 is 0 Å². The molecule has 0 spiro atoms. The van der Waals surface area contributed by atoms with Crippen LogP contribution in [0.3, 0.4) is 0 Å². The SMILES string of the molecule is O=S(=O)(NC(CO)c1ccccc1C(F)(F)F)c1ccoc1. The molecule has 5 nitrogen and oxygen atoms in total. The summed E-state index contributed by atoms with van der Waals surface area (Å²) in [5.74, 6) is 0. The van der Waals surface area contributed by atoms with Gasteiger partial charge in [-0.05, 0) is 17.7 Å². The van der Waals surface area contributed by atoms with E-state index in [1.807, 2.05) is 4.72 Å². The Balaban J connectivity index is 2.38. The molecule has 1 atom stereocenters. The van der Waals surface area contributed by atoms with Crippen LogP contribution in [-0.2, 0) is 16.2 Å². The molecule has 0 aliphatic carbocycles. The summed E-state index contributed by atoms with van der Waals surface area (Å²) in [5.41, 5.74) is -1.37. The molecule has 0 radical (unpaired) electrons. The monoisotopic (exact) mass is 335 g/mol. The van der Waals surface area contributed by atoms with Crippen LogP contribution < -0.4 is 4.72 Å². The Labute approximate surface area is 124 Å². The average molecular weight is 335 g/mol. The molecule has 1 unspecified atom stereocenters. The smallest absolute Gasteiger partial charge is 0.416 e. The van der Waals surface area contributed by atoms with Crippen molar-refractivity contribution in [2.24, 2.45) is 0 Å². The second-order valence-electron chi connectivity index (χ2n) is 4.40. The molecule has 2 N–H and O–H groups in total. The van der Waals surface area contributed by atoms with Crippen molar-refractivity contribution in [1.82, 2.24) is 4.72 Å². The summed E-state index contributed by atoms with van der Waals surface area (Å²) >= 11 is 0. The number of hydrogen-bond acceptors (Lipinski definition) is 4. The Morgan fingerprint density at radius 2 is 1.91 bits per heavy atom. The van der Waals surface area contributed by atoms with Gasteiger partial charge in [0.05, 0.1) is 24.5 Å². The zero-order chi connectivity index (χ0) is 16.4. The normalized spacial score (nSPS) is 14.0. The van der Waals surface area contributed by atoms with Crippen LogP contribution in [0.5, 0.6) is 0 Å². The fourth-order valence-electron chi connectivity index (χ4n) is 1.92. The Morgan fingerprint density at radius 3 is 2.45 bits per heavy atom. The largest absolute Gasteiger partial charge is 0.471 e. The van der Waals surface area contributed by atoms with Gasteiger partial charge in [-0.3, -0.25) is 0 Å². The lowest BCUT2D eigenvalue weighted by atomic mass is 10.0. The van der Waals surface area contributed by atoms with Crippen molar-refractivity contribution in [3.63, 3.8) is 0 Å². The van der Waals surface area contributed by atoms with Crippen LogP contribution in [0.2, 0.25) is 0 Å². The standard InChI is InChI=1S/C13H12F3NO4S/c14-13(15,16)11-4-2-1-3-10(11)12(7-18)17-22(19,20)9-5-6-21-8-9/h1-6,8,12,17-18H,7H2. The van der Waals surface area contributed by atoms with E-state index in [0.29, 0.717) is 0 Å². The van der Waals surface area contributed by atoms with Crippen LogP contribution in [0.4, 0.5) is 13.2 Å². The highest BCUT2D eigenvalue weighted by Gasteiger charge is 2.35. The van der Waals surface area contributed by atoms with Gasteiger partial charge in [-0.25, -0.2) is 13.1 Å². The summed E-state index contributed by atoms with van der Waals surface area (Å²) in [6.45, 7) is -0.829. The van der Waals surface area contributed by atoms with E-state index < -0.39 is 34.4 Å². The molecule has 0 amide bonds. The van der Waals surface area contributed by atoms with E-state index in [-0.39, 0.29) is 10.5 Å². The van der Waals surface area contributed by atoms with Crippen molar-refractivity contribution in [1.29, 1.82) is 0 Å². The van der Waals surface area contributed by atoms with E-state index in [9.17, 15) is 26.7 Å². The van der Waals surface area contributed by atoms with Crippen molar-refractivity contribution in [3.05, 3.63) is 54.0 Å². The fourth-order valence-corrected chi connectivity index (χ4v) is 3.05. The molecule has 2 rings (SSSR count). The topological polar surface area (TPSA) is 79.5 Å². The maximum Gasteiger partial charge on any atom is 0.416 e. The summed E-state index contributed by atoms with van der Waals surface area (Å²) in [6, 6.07) is 4.17. The molecule has 9 heteroatoms. The number of furan rings is 1. The van der Waals surface area contributed by atoms with Crippen LogP contribution in [0, 0.1) is 0 Å². The van der Waals surface area contributed by atoms with Gasteiger partial charge in [0, 0.05) is 0 Å². The van der Waals surface area contributed by atoms with Crippen molar-refractivity contribution in [2.75, 3.05) is 6.61 Å². The Kier molecular flexibility index (Phi) is 4.59. The molecule has 0 saturated heterocycles. The van der Waals surface area contributed by atoms with Crippen molar-refractivity contribution < 1.29 is 31.1 Å². The second kappa shape index (κ2) is 6.11. The molecule has 0 fully saturated rings. The van der Waals surface area contributed by atoms with E-state index in [2.05, 4.69) is 4.42 Å². The molecular weight excluding hydrogens is 323 g/mol. The Hall–Kier alpha value is -1.84. The van der Waals surface area contributed by atoms with Gasteiger partial charge in [-0.15, -0.1) is 0 Å². The molecule has 0 aliphatic heterocycles. The molecule has 22 heavy (non-hydrogen) atoms. The first-order valence-electron chi connectivity index (χ1n) is 6.07. The summed E-state index contributed by atoms with van der Waals surface area (Å²) < 4.78 is 69.7. The van der Waals surface area contributed by atoms with Crippen molar-refractivity contribution in [2.45, 2.75) is 17.1 Å². The van der Waals surface area contributed by atoms with Gasteiger partial charge < -0.3 is 9.52 Å². The minimum Gasteiger partial charge on any atom is -0.471 e. The van der Waals surface area contributed by atoms with Crippen LogP contribution in [0.25, 0.3) is 0 Å². The third kappa shape index (κ3) is 3.49. The quantitative estimate of drug-likeness (QED) is 0.879. The Morgan fingerprint density at radius 1 is 1.23 bits per heavy atom. The van der Waals surface area contributed by atoms with Crippen LogP contribution in [0.1, 0.15) is 17.2 Å². The fraction of sp³-hybridized carbons (Fsp3) is 0.231. The minimum atomic E-state index is -4.66. The maximum atomic E-state index is 13.0. The predicted molar refractivity (Wildman–Crippen MR) is 70.3 cm³/mol. The first-order valence-corrected chi connectivity index (χ1v) is 7.55.